The standard InChI is InChI=1S/C51H32N4/c1-3-12-39-31-41(23-19-33(39)9-1)50-52-49(53-51(54-50)42-24-20-34-10-2-4-13-40(34)32-42)38-21-17-35(18-22-38)36-25-28-43(29-26-36)55-46-16-8-7-15-45(46)48-44-14-6-5-11-37(44)27-30-47(48)55/h1-32H. The second-order valence-electron chi connectivity index (χ2n) is 14.1. The van der Waals surface area contributed by atoms with Crippen LogP contribution in [0.4, 0.5) is 0 Å². The topological polar surface area (TPSA) is 43.6 Å². The van der Waals surface area contributed by atoms with Gasteiger partial charge in [0.1, 0.15) is 0 Å². The van der Waals surface area contributed by atoms with E-state index in [1.165, 1.54) is 43.4 Å². The summed E-state index contributed by atoms with van der Waals surface area (Å²) >= 11 is 0. The molecule has 11 aromatic rings. The van der Waals surface area contributed by atoms with Gasteiger partial charge in [-0.1, -0.05) is 158 Å². The highest BCUT2D eigenvalue weighted by Crippen LogP contribution is 2.37. The molecule has 0 aliphatic heterocycles. The van der Waals surface area contributed by atoms with Crippen LogP contribution >= 0.6 is 0 Å². The molecule has 2 heterocycles. The van der Waals surface area contributed by atoms with E-state index in [4.69, 9.17) is 15.0 Å². The summed E-state index contributed by atoms with van der Waals surface area (Å²) in [5, 5.41) is 9.75. The molecule has 0 unspecified atom stereocenters. The summed E-state index contributed by atoms with van der Waals surface area (Å²) in [5.74, 6) is 1.94. The van der Waals surface area contributed by atoms with Crippen molar-refractivity contribution >= 4 is 54.1 Å². The molecule has 0 amide bonds. The number of hydrogen-bond donors (Lipinski definition) is 0. The second-order valence-corrected chi connectivity index (χ2v) is 14.1. The molecule has 0 radical (unpaired) electrons. The van der Waals surface area contributed by atoms with Crippen LogP contribution in [-0.2, 0) is 0 Å². The Morgan fingerprint density at radius 1 is 0.291 bits per heavy atom. The molecule has 4 heteroatoms. The van der Waals surface area contributed by atoms with Gasteiger partial charge in [-0.15, -0.1) is 0 Å². The average Bonchev–Trinajstić information content (AvgIpc) is 3.61. The molecule has 0 aliphatic rings. The lowest BCUT2D eigenvalue weighted by molar-refractivity contribution is 1.08. The van der Waals surface area contributed by atoms with E-state index in [0.717, 1.165) is 44.3 Å². The Morgan fingerprint density at radius 3 is 1.35 bits per heavy atom. The number of hydrogen-bond acceptors (Lipinski definition) is 3. The summed E-state index contributed by atoms with van der Waals surface area (Å²) in [6, 6.07) is 68.8. The highest BCUT2D eigenvalue weighted by Gasteiger charge is 2.16. The van der Waals surface area contributed by atoms with Crippen molar-refractivity contribution in [1.29, 1.82) is 0 Å². The first-order valence-electron chi connectivity index (χ1n) is 18.6. The van der Waals surface area contributed by atoms with Crippen LogP contribution in [-0.4, -0.2) is 19.5 Å². The molecule has 0 saturated carbocycles. The van der Waals surface area contributed by atoms with Crippen molar-refractivity contribution in [2.75, 3.05) is 0 Å². The summed E-state index contributed by atoms with van der Waals surface area (Å²) in [7, 11) is 0. The molecule has 0 aliphatic carbocycles. The minimum absolute atomic E-state index is 0.641. The zero-order valence-electron chi connectivity index (χ0n) is 29.8. The molecule has 9 aromatic carbocycles. The Balaban J connectivity index is 0.972. The van der Waals surface area contributed by atoms with Gasteiger partial charge in [-0.25, -0.2) is 15.0 Å². The van der Waals surface area contributed by atoms with Crippen molar-refractivity contribution in [1.82, 2.24) is 19.5 Å². The fourth-order valence-electron chi connectivity index (χ4n) is 8.05. The molecule has 11 rings (SSSR count). The highest BCUT2D eigenvalue weighted by atomic mass is 15.0. The number of rotatable bonds is 5. The number of aromatic nitrogens is 4. The van der Waals surface area contributed by atoms with Crippen LogP contribution in [0.2, 0.25) is 0 Å². The minimum Gasteiger partial charge on any atom is -0.309 e. The summed E-state index contributed by atoms with van der Waals surface area (Å²) in [4.78, 5) is 15.1. The SMILES string of the molecule is c1ccc2cc(-c3nc(-c4ccc(-c5ccc(-n6c7ccccc7c7c8ccccc8ccc76)cc5)cc4)nc(-c4ccc5ccccc5c4)n3)ccc2c1. The van der Waals surface area contributed by atoms with Gasteiger partial charge in [0.2, 0.25) is 0 Å². The van der Waals surface area contributed by atoms with Crippen molar-refractivity contribution in [3.05, 3.63) is 194 Å². The van der Waals surface area contributed by atoms with Gasteiger partial charge in [-0.05, 0) is 79.8 Å². The van der Waals surface area contributed by atoms with Crippen molar-refractivity contribution in [2.45, 2.75) is 0 Å². The van der Waals surface area contributed by atoms with Gasteiger partial charge in [-0.3, -0.25) is 0 Å². The third-order valence-corrected chi connectivity index (χ3v) is 10.8. The lowest BCUT2D eigenvalue weighted by Gasteiger charge is -2.11. The smallest absolute Gasteiger partial charge is 0.164 e. The lowest BCUT2D eigenvalue weighted by atomic mass is 10.0. The minimum atomic E-state index is 0.641. The number of benzene rings is 9. The maximum Gasteiger partial charge on any atom is 0.164 e. The zero-order valence-corrected chi connectivity index (χ0v) is 29.8. The number of para-hydroxylation sites is 1. The van der Waals surface area contributed by atoms with E-state index in [9.17, 15) is 0 Å². The molecule has 0 spiro atoms. The van der Waals surface area contributed by atoms with Gasteiger partial charge >= 0.3 is 0 Å². The van der Waals surface area contributed by atoms with Crippen molar-refractivity contribution in [2.24, 2.45) is 0 Å². The van der Waals surface area contributed by atoms with E-state index in [0.29, 0.717) is 17.5 Å². The van der Waals surface area contributed by atoms with E-state index in [-0.39, 0.29) is 0 Å². The van der Waals surface area contributed by atoms with Gasteiger partial charge < -0.3 is 4.57 Å². The van der Waals surface area contributed by atoms with E-state index in [1.807, 2.05) is 0 Å². The third-order valence-electron chi connectivity index (χ3n) is 10.8. The van der Waals surface area contributed by atoms with E-state index < -0.39 is 0 Å². The van der Waals surface area contributed by atoms with Crippen LogP contribution in [0.15, 0.2) is 194 Å². The molecule has 0 N–H and O–H groups in total. The third kappa shape index (κ3) is 5.34. The normalized spacial score (nSPS) is 11.6. The lowest BCUT2D eigenvalue weighted by Crippen LogP contribution is -2.00. The largest absolute Gasteiger partial charge is 0.309 e. The molecular formula is C51H32N4. The van der Waals surface area contributed by atoms with Crippen LogP contribution < -0.4 is 0 Å². The number of fused-ring (bicyclic) bond motifs is 7. The van der Waals surface area contributed by atoms with Gasteiger partial charge in [0.25, 0.3) is 0 Å². The fraction of sp³-hybridized carbons (Fsp3) is 0. The van der Waals surface area contributed by atoms with E-state index in [2.05, 4.69) is 199 Å². The molecule has 4 nitrogen and oxygen atoms in total. The Kier molecular flexibility index (Phi) is 7.14. The van der Waals surface area contributed by atoms with Crippen LogP contribution in [0.1, 0.15) is 0 Å². The molecule has 2 aromatic heterocycles. The Labute approximate surface area is 317 Å². The monoisotopic (exact) mass is 700 g/mol. The summed E-state index contributed by atoms with van der Waals surface area (Å²) < 4.78 is 2.38. The highest BCUT2D eigenvalue weighted by molar-refractivity contribution is 6.21. The van der Waals surface area contributed by atoms with Gasteiger partial charge in [0, 0.05) is 33.2 Å². The zero-order chi connectivity index (χ0) is 36.3. The summed E-state index contributed by atoms with van der Waals surface area (Å²) in [6.07, 6.45) is 0. The first kappa shape index (κ1) is 31.1. The molecule has 0 atom stereocenters. The predicted molar refractivity (Wildman–Crippen MR) is 228 cm³/mol. The van der Waals surface area contributed by atoms with Crippen LogP contribution in [0.5, 0.6) is 0 Å². The van der Waals surface area contributed by atoms with Crippen molar-refractivity contribution < 1.29 is 0 Å². The first-order chi connectivity index (χ1) is 27.2. The van der Waals surface area contributed by atoms with Crippen molar-refractivity contribution in [3.8, 4) is 51.0 Å². The molecule has 256 valence electrons. The Morgan fingerprint density at radius 2 is 0.727 bits per heavy atom. The average molecular weight is 701 g/mol. The van der Waals surface area contributed by atoms with Gasteiger partial charge in [-0.2, -0.15) is 0 Å². The number of nitrogens with zero attached hydrogens (tertiary/aromatic N) is 4. The molecule has 55 heavy (non-hydrogen) atoms. The van der Waals surface area contributed by atoms with Crippen LogP contribution in [0.3, 0.4) is 0 Å². The van der Waals surface area contributed by atoms with Crippen molar-refractivity contribution in [3.63, 3.8) is 0 Å². The van der Waals surface area contributed by atoms with E-state index in [1.54, 1.807) is 0 Å². The van der Waals surface area contributed by atoms with Crippen LogP contribution in [0, 0.1) is 0 Å². The molecule has 0 fully saturated rings. The second kappa shape index (κ2) is 12.6. The maximum absolute atomic E-state index is 5.05. The van der Waals surface area contributed by atoms with E-state index >= 15 is 0 Å². The Bertz CT molecular complexity index is 3150. The summed E-state index contributed by atoms with van der Waals surface area (Å²) in [6.45, 7) is 0. The maximum atomic E-state index is 5.05. The molecule has 0 bridgehead atoms. The first-order valence-corrected chi connectivity index (χ1v) is 18.6. The molecule has 0 saturated heterocycles. The predicted octanol–water partition coefficient (Wildman–Crippen LogP) is 13.1. The quantitative estimate of drug-likeness (QED) is 0.179. The van der Waals surface area contributed by atoms with Crippen LogP contribution in [0.25, 0.3) is 105 Å². The summed E-state index contributed by atoms with van der Waals surface area (Å²) in [5.41, 5.74) is 8.66. The van der Waals surface area contributed by atoms with Gasteiger partial charge in [0.05, 0.1) is 11.0 Å². The fourth-order valence-corrected chi connectivity index (χ4v) is 8.05. The molecular weight excluding hydrogens is 669 g/mol. The van der Waals surface area contributed by atoms with Gasteiger partial charge in [0.15, 0.2) is 17.5 Å². The Hall–Kier alpha value is -7.43.